The Morgan fingerprint density at radius 2 is 2.27 bits per heavy atom. The van der Waals surface area contributed by atoms with Crippen LogP contribution < -0.4 is 5.32 Å². The van der Waals surface area contributed by atoms with E-state index < -0.39 is 0 Å². The third-order valence-electron chi connectivity index (χ3n) is 2.05. The summed E-state index contributed by atoms with van der Waals surface area (Å²) in [6.07, 6.45) is 6.24. The van der Waals surface area contributed by atoms with Gasteiger partial charge in [0.25, 0.3) is 0 Å². The molecular weight excluding hydrogens is 208 g/mol. The zero-order valence-electron chi connectivity index (χ0n) is 8.90. The summed E-state index contributed by atoms with van der Waals surface area (Å²) in [7, 11) is 0. The summed E-state index contributed by atoms with van der Waals surface area (Å²) in [6, 6.07) is 2.01. The van der Waals surface area contributed by atoms with Crippen molar-refractivity contribution in [3.63, 3.8) is 0 Å². The van der Waals surface area contributed by atoms with E-state index in [0.717, 1.165) is 13.0 Å². The fourth-order valence-electron chi connectivity index (χ4n) is 1.06. The number of nitriles is 1. The third-order valence-corrected chi connectivity index (χ3v) is 3.09. The maximum Gasteiger partial charge on any atom is 0.182 e. The van der Waals surface area contributed by atoms with Gasteiger partial charge in [0, 0.05) is 24.2 Å². The summed E-state index contributed by atoms with van der Waals surface area (Å²) in [5.41, 5.74) is 0.356. The van der Waals surface area contributed by atoms with Gasteiger partial charge in [-0.05, 0) is 12.7 Å². The first-order chi connectivity index (χ1) is 7.27. The quantitative estimate of drug-likeness (QED) is 0.824. The zero-order chi connectivity index (χ0) is 11.1. The second kappa shape index (κ2) is 6.25. The zero-order valence-corrected chi connectivity index (χ0v) is 9.71. The highest BCUT2D eigenvalue weighted by molar-refractivity contribution is 7.99. The number of hydrogen-bond donors (Lipinski definition) is 1. The highest BCUT2D eigenvalue weighted by atomic mass is 32.2. The lowest BCUT2D eigenvalue weighted by atomic mass is 10.3. The highest BCUT2D eigenvalue weighted by Crippen LogP contribution is 2.11. The first-order valence-electron chi connectivity index (χ1n) is 4.75. The Hall–Kier alpha value is -1.28. The lowest BCUT2D eigenvalue weighted by molar-refractivity contribution is 0.848. The molecule has 0 amide bonds. The molecule has 1 aromatic heterocycles. The van der Waals surface area contributed by atoms with Crippen LogP contribution in [0.2, 0.25) is 0 Å². The lowest BCUT2D eigenvalue weighted by Crippen LogP contribution is -2.10. The smallest absolute Gasteiger partial charge is 0.182 e. The average Bonchev–Trinajstić information content (AvgIpc) is 2.29. The minimum absolute atomic E-state index is 0.356. The molecule has 0 aliphatic carbocycles. The molecule has 4 nitrogen and oxygen atoms in total. The minimum Gasteiger partial charge on any atom is -0.368 e. The van der Waals surface area contributed by atoms with Gasteiger partial charge in [0.2, 0.25) is 0 Å². The Morgan fingerprint density at radius 3 is 2.93 bits per heavy atom. The molecule has 5 heteroatoms. The predicted octanol–water partition coefficient (Wildman–Crippen LogP) is 1.90. The number of aromatic nitrogens is 2. The molecule has 15 heavy (non-hydrogen) atoms. The molecule has 1 rings (SSSR count). The fraction of sp³-hybridized carbons (Fsp3) is 0.500. The van der Waals surface area contributed by atoms with Crippen LogP contribution in [0, 0.1) is 11.3 Å². The number of hydrogen-bond acceptors (Lipinski definition) is 5. The van der Waals surface area contributed by atoms with E-state index in [-0.39, 0.29) is 0 Å². The van der Waals surface area contributed by atoms with Crippen LogP contribution in [0.3, 0.4) is 0 Å². The maximum absolute atomic E-state index is 8.78. The van der Waals surface area contributed by atoms with Crippen molar-refractivity contribution >= 4 is 17.6 Å². The minimum atomic E-state index is 0.356. The molecule has 0 aromatic carbocycles. The molecule has 0 radical (unpaired) electrons. The third kappa shape index (κ3) is 3.76. The van der Waals surface area contributed by atoms with Gasteiger partial charge in [-0.25, -0.2) is 9.97 Å². The fourth-order valence-corrected chi connectivity index (χ4v) is 1.41. The van der Waals surface area contributed by atoms with E-state index in [1.54, 1.807) is 6.20 Å². The van der Waals surface area contributed by atoms with Crippen molar-refractivity contribution in [1.82, 2.24) is 9.97 Å². The Kier molecular flexibility index (Phi) is 4.91. The van der Waals surface area contributed by atoms with Gasteiger partial charge in [0.1, 0.15) is 6.07 Å². The summed E-state index contributed by atoms with van der Waals surface area (Å²) >= 11 is 1.83. The van der Waals surface area contributed by atoms with Gasteiger partial charge >= 0.3 is 0 Å². The van der Waals surface area contributed by atoms with Gasteiger partial charge in [-0.2, -0.15) is 17.0 Å². The molecule has 0 aliphatic rings. The molecule has 1 atom stereocenters. The topological polar surface area (TPSA) is 61.6 Å². The largest absolute Gasteiger partial charge is 0.368 e. The number of anilines is 1. The van der Waals surface area contributed by atoms with Crippen LogP contribution in [0.1, 0.15) is 19.0 Å². The van der Waals surface area contributed by atoms with Crippen molar-refractivity contribution in [3.05, 3.63) is 18.1 Å². The molecule has 80 valence electrons. The molecule has 1 unspecified atom stereocenters. The van der Waals surface area contributed by atoms with Crippen LogP contribution in [0.15, 0.2) is 12.4 Å². The molecule has 1 N–H and O–H groups in total. The summed E-state index contributed by atoms with van der Waals surface area (Å²) in [5.74, 6) is 0.577. The first kappa shape index (κ1) is 11.8. The number of rotatable bonds is 5. The standard InChI is InChI=1S/C10H14N4S/c1-8(15-2)3-4-13-10-9(7-11)12-5-6-14-10/h5-6,8H,3-4H2,1-2H3,(H,13,14). The summed E-state index contributed by atoms with van der Waals surface area (Å²) in [6.45, 7) is 2.99. The SMILES string of the molecule is CSC(C)CCNc1nccnc1C#N. The molecule has 0 aliphatic heterocycles. The number of nitrogens with zero attached hydrogens (tertiary/aromatic N) is 3. The van der Waals surface area contributed by atoms with Crippen molar-refractivity contribution < 1.29 is 0 Å². The molecule has 0 fully saturated rings. The highest BCUT2D eigenvalue weighted by Gasteiger charge is 2.04. The van der Waals surface area contributed by atoms with Crippen LogP contribution in [0.25, 0.3) is 0 Å². The van der Waals surface area contributed by atoms with Crippen LogP contribution in [-0.4, -0.2) is 28.0 Å². The van der Waals surface area contributed by atoms with Crippen molar-refractivity contribution in [1.29, 1.82) is 5.26 Å². The van der Waals surface area contributed by atoms with E-state index in [1.807, 2.05) is 17.8 Å². The van der Waals surface area contributed by atoms with Gasteiger partial charge in [0.05, 0.1) is 0 Å². The van der Waals surface area contributed by atoms with Crippen molar-refractivity contribution in [2.24, 2.45) is 0 Å². The lowest BCUT2D eigenvalue weighted by Gasteiger charge is -2.09. The van der Waals surface area contributed by atoms with E-state index in [4.69, 9.17) is 5.26 Å². The van der Waals surface area contributed by atoms with Crippen molar-refractivity contribution in [3.8, 4) is 6.07 Å². The molecule has 0 spiro atoms. The van der Waals surface area contributed by atoms with Gasteiger partial charge in [0.15, 0.2) is 11.5 Å². The van der Waals surface area contributed by atoms with Gasteiger partial charge in [-0.1, -0.05) is 6.92 Å². The van der Waals surface area contributed by atoms with E-state index in [2.05, 4.69) is 28.5 Å². The first-order valence-corrected chi connectivity index (χ1v) is 6.04. The molecule has 0 bridgehead atoms. The summed E-state index contributed by atoms with van der Waals surface area (Å²) in [5, 5.41) is 12.5. The Balaban J connectivity index is 2.47. The van der Waals surface area contributed by atoms with Crippen LogP contribution >= 0.6 is 11.8 Å². The van der Waals surface area contributed by atoms with E-state index in [9.17, 15) is 0 Å². The summed E-state index contributed by atoms with van der Waals surface area (Å²) < 4.78 is 0. The van der Waals surface area contributed by atoms with Crippen molar-refractivity contribution in [2.45, 2.75) is 18.6 Å². The Morgan fingerprint density at radius 1 is 1.53 bits per heavy atom. The molecule has 0 saturated carbocycles. The van der Waals surface area contributed by atoms with Gasteiger partial charge in [-0.15, -0.1) is 0 Å². The predicted molar refractivity (Wildman–Crippen MR) is 62.8 cm³/mol. The molecule has 1 heterocycles. The van der Waals surface area contributed by atoms with E-state index in [0.29, 0.717) is 16.8 Å². The second-order valence-electron chi connectivity index (χ2n) is 3.13. The van der Waals surface area contributed by atoms with Gasteiger partial charge in [-0.3, -0.25) is 0 Å². The van der Waals surface area contributed by atoms with Crippen LogP contribution in [-0.2, 0) is 0 Å². The monoisotopic (exact) mass is 222 g/mol. The number of thioether (sulfide) groups is 1. The Bertz CT molecular complexity index is 348. The van der Waals surface area contributed by atoms with E-state index >= 15 is 0 Å². The Labute approximate surface area is 94.1 Å². The number of nitrogens with one attached hydrogen (secondary N) is 1. The van der Waals surface area contributed by atoms with Crippen LogP contribution in [0.5, 0.6) is 0 Å². The molecular formula is C10H14N4S. The summed E-state index contributed by atoms with van der Waals surface area (Å²) in [4.78, 5) is 7.99. The normalized spacial score (nSPS) is 11.8. The van der Waals surface area contributed by atoms with E-state index in [1.165, 1.54) is 6.20 Å². The van der Waals surface area contributed by atoms with Crippen LogP contribution in [0.4, 0.5) is 5.82 Å². The average molecular weight is 222 g/mol. The molecule has 0 saturated heterocycles. The second-order valence-corrected chi connectivity index (χ2v) is 4.40. The maximum atomic E-state index is 8.78. The molecule has 1 aromatic rings. The van der Waals surface area contributed by atoms with Gasteiger partial charge < -0.3 is 5.32 Å². The van der Waals surface area contributed by atoms with Crippen molar-refractivity contribution in [2.75, 3.05) is 18.1 Å².